The average molecular weight is 688 g/mol. The zero-order valence-electron chi connectivity index (χ0n) is 31.2. The van der Waals surface area contributed by atoms with Crippen LogP contribution in [0.1, 0.15) is 77.1 Å². The zero-order chi connectivity index (χ0) is 35.9. The van der Waals surface area contributed by atoms with Crippen molar-refractivity contribution in [2.24, 2.45) is 23.7 Å². The van der Waals surface area contributed by atoms with Crippen molar-refractivity contribution in [3.8, 4) is 0 Å². The zero-order valence-corrected chi connectivity index (χ0v) is 31.2. The quantitative estimate of drug-likeness (QED) is 0.314. The standard InChI is InChI=1S/C38H61N3O8/c1-24-21-38(5,45-9)34(49-37-33(31(40(6)7)19-25(2)47-37)48-36(44)29-13-11-10-12-14-29)26(3)32(42)27(4)35(43)46-23-30(41(8)22-24)20-28-15-17-39-18-16-28/h10-14,24-28,30-31,33-34,37,39H,15-23H2,1-9H3/t24-,25-,26+,27?,30-,31+,33-,34-,37+,38-/m1/s1. The monoisotopic (exact) mass is 687 g/mol. The third-order valence-corrected chi connectivity index (χ3v) is 11.0. The molecule has 11 heteroatoms. The molecule has 0 saturated carbocycles. The molecule has 3 fully saturated rings. The smallest absolute Gasteiger partial charge is 0.338 e. The van der Waals surface area contributed by atoms with Gasteiger partial charge in [0.2, 0.25) is 0 Å². The topological polar surface area (TPSA) is 116 Å². The third kappa shape index (κ3) is 10.1. The number of benzene rings is 1. The minimum atomic E-state index is -1.00. The van der Waals surface area contributed by atoms with E-state index in [0.717, 1.165) is 38.9 Å². The first-order valence-electron chi connectivity index (χ1n) is 18.1. The predicted octanol–water partition coefficient (Wildman–Crippen LogP) is 4.18. The molecule has 49 heavy (non-hydrogen) atoms. The van der Waals surface area contributed by atoms with Crippen LogP contribution >= 0.6 is 0 Å². The summed E-state index contributed by atoms with van der Waals surface area (Å²) >= 11 is 0. The highest BCUT2D eigenvalue weighted by atomic mass is 16.7. The minimum absolute atomic E-state index is 0.0379. The summed E-state index contributed by atoms with van der Waals surface area (Å²) in [6.45, 7) is 12.5. The maximum atomic E-state index is 14.2. The summed E-state index contributed by atoms with van der Waals surface area (Å²) in [5.74, 6) is -2.39. The summed E-state index contributed by atoms with van der Waals surface area (Å²) < 4.78 is 31.7. The van der Waals surface area contributed by atoms with Crippen LogP contribution in [0.4, 0.5) is 0 Å². The van der Waals surface area contributed by atoms with Crippen LogP contribution < -0.4 is 5.32 Å². The number of carbonyl (C=O) groups excluding carboxylic acids is 3. The van der Waals surface area contributed by atoms with Crippen LogP contribution in [0.5, 0.6) is 0 Å². The van der Waals surface area contributed by atoms with Crippen LogP contribution in [0, 0.1) is 23.7 Å². The summed E-state index contributed by atoms with van der Waals surface area (Å²) in [6, 6.07) is 8.67. The van der Waals surface area contributed by atoms with Gasteiger partial charge in [0.1, 0.15) is 12.5 Å². The van der Waals surface area contributed by atoms with Gasteiger partial charge in [-0.05, 0) is 111 Å². The molecule has 0 spiro atoms. The number of hydrogen-bond donors (Lipinski definition) is 1. The van der Waals surface area contributed by atoms with E-state index < -0.39 is 47.9 Å². The fourth-order valence-corrected chi connectivity index (χ4v) is 8.02. The number of cyclic esters (lactones) is 1. The molecule has 3 saturated heterocycles. The first-order chi connectivity index (χ1) is 23.2. The van der Waals surface area contributed by atoms with Crippen LogP contribution in [0.2, 0.25) is 0 Å². The molecule has 3 heterocycles. The number of nitrogens with zero attached hydrogens (tertiary/aromatic N) is 2. The highest BCUT2D eigenvalue weighted by Crippen LogP contribution is 2.37. The summed E-state index contributed by atoms with van der Waals surface area (Å²) in [4.78, 5) is 45.3. The number of likely N-dealkylation sites (N-methyl/N-ethyl adjacent to an activating group) is 2. The second-order valence-corrected chi connectivity index (χ2v) is 15.3. The van der Waals surface area contributed by atoms with Crippen molar-refractivity contribution in [1.29, 1.82) is 0 Å². The van der Waals surface area contributed by atoms with Gasteiger partial charge >= 0.3 is 11.9 Å². The van der Waals surface area contributed by atoms with Crippen molar-refractivity contribution in [2.75, 3.05) is 54.5 Å². The number of carbonyl (C=O) groups is 3. The fourth-order valence-electron chi connectivity index (χ4n) is 8.02. The van der Waals surface area contributed by atoms with E-state index in [1.807, 2.05) is 38.9 Å². The van der Waals surface area contributed by atoms with Crippen LogP contribution in [0.3, 0.4) is 0 Å². The molecule has 1 unspecified atom stereocenters. The lowest BCUT2D eigenvalue weighted by atomic mass is 9.78. The Morgan fingerprint density at radius 3 is 2.39 bits per heavy atom. The molecule has 0 aliphatic carbocycles. The Kier molecular flexibility index (Phi) is 14.2. The molecule has 276 valence electrons. The van der Waals surface area contributed by atoms with E-state index >= 15 is 0 Å². The Morgan fingerprint density at radius 2 is 1.76 bits per heavy atom. The second-order valence-electron chi connectivity index (χ2n) is 15.3. The third-order valence-electron chi connectivity index (χ3n) is 11.0. The first-order valence-corrected chi connectivity index (χ1v) is 18.1. The maximum Gasteiger partial charge on any atom is 0.338 e. The van der Waals surface area contributed by atoms with Gasteiger partial charge in [0.15, 0.2) is 18.2 Å². The lowest BCUT2D eigenvalue weighted by Crippen LogP contribution is -2.60. The molecule has 3 aliphatic heterocycles. The summed E-state index contributed by atoms with van der Waals surface area (Å²) in [5.41, 5.74) is -0.531. The molecule has 4 rings (SSSR count). The molecule has 1 aromatic rings. The van der Waals surface area contributed by atoms with Crippen molar-refractivity contribution >= 4 is 17.7 Å². The van der Waals surface area contributed by atoms with Gasteiger partial charge in [-0.3, -0.25) is 14.5 Å². The molecule has 3 aliphatic rings. The highest BCUT2D eigenvalue weighted by molar-refractivity contribution is 6.00. The highest BCUT2D eigenvalue weighted by Gasteiger charge is 2.50. The van der Waals surface area contributed by atoms with Gasteiger partial charge in [0, 0.05) is 25.6 Å². The van der Waals surface area contributed by atoms with E-state index in [4.69, 9.17) is 23.7 Å². The van der Waals surface area contributed by atoms with Gasteiger partial charge < -0.3 is 33.9 Å². The minimum Gasteiger partial charge on any atom is -0.463 e. The van der Waals surface area contributed by atoms with Crippen molar-refractivity contribution in [2.45, 2.75) is 109 Å². The molecule has 1 aromatic carbocycles. The first kappa shape index (κ1) is 39.4. The average Bonchev–Trinajstić information content (AvgIpc) is 3.08. The van der Waals surface area contributed by atoms with Crippen LogP contribution in [-0.2, 0) is 33.3 Å². The van der Waals surface area contributed by atoms with Gasteiger partial charge in [-0.25, -0.2) is 4.79 Å². The Bertz CT molecular complexity index is 1230. The SMILES string of the molecule is CO[C@]1(C)C[C@@H](C)CN(C)[C@H](CC2CCNCC2)COC(=O)C(C)C(=O)[C@H](C)[C@H]1O[C@@H]1O[C@H](C)C[C@H](N(C)C)[C@H]1OC(=O)c1ccccc1. The van der Waals surface area contributed by atoms with Crippen LogP contribution in [0.15, 0.2) is 30.3 Å². The molecule has 0 amide bonds. The molecular formula is C38H61N3O8. The molecule has 1 N–H and O–H groups in total. The second kappa shape index (κ2) is 17.7. The van der Waals surface area contributed by atoms with Gasteiger partial charge in [-0.2, -0.15) is 0 Å². The van der Waals surface area contributed by atoms with E-state index in [9.17, 15) is 14.4 Å². The number of nitrogens with one attached hydrogen (secondary N) is 1. The number of piperidine rings is 1. The largest absolute Gasteiger partial charge is 0.463 e. The summed E-state index contributed by atoms with van der Waals surface area (Å²) in [5, 5.41) is 3.44. The van der Waals surface area contributed by atoms with Crippen LogP contribution in [0.25, 0.3) is 0 Å². The number of ketones is 1. The lowest BCUT2D eigenvalue weighted by Gasteiger charge is -2.47. The van der Waals surface area contributed by atoms with E-state index in [0.29, 0.717) is 24.3 Å². The molecule has 11 nitrogen and oxygen atoms in total. The maximum absolute atomic E-state index is 14.2. The number of hydrogen-bond acceptors (Lipinski definition) is 11. The summed E-state index contributed by atoms with van der Waals surface area (Å²) in [6.07, 6.45) is 1.47. The Morgan fingerprint density at radius 1 is 1.08 bits per heavy atom. The van der Waals surface area contributed by atoms with Crippen molar-refractivity contribution in [3.05, 3.63) is 35.9 Å². The van der Waals surface area contributed by atoms with E-state index in [2.05, 4.69) is 24.2 Å². The number of rotatable bonds is 8. The molecule has 10 atom stereocenters. The molecule has 0 aromatic heterocycles. The lowest BCUT2D eigenvalue weighted by molar-refractivity contribution is -0.294. The van der Waals surface area contributed by atoms with Crippen LogP contribution in [-0.4, -0.2) is 124 Å². The van der Waals surface area contributed by atoms with E-state index in [1.54, 1.807) is 45.2 Å². The van der Waals surface area contributed by atoms with Gasteiger partial charge in [-0.1, -0.05) is 32.0 Å². The van der Waals surface area contributed by atoms with Gasteiger partial charge in [0.25, 0.3) is 0 Å². The molecule has 0 radical (unpaired) electrons. The normalized spacial score (nSPS) is 36.3. The summed E-state index contributed by atoms with van der Waals surface area (Å²) in [7, 11) is 7.61. The van der Waals surface area contributed by atoms with E-state index in [-0.39, 0.29) is 36.5 Å². The molecule has 0 bridgehead atoms. The van der Waals surface area contributed by atoms with Crippen molar-refractivity contribution in [1.82, 2.24) is 15.1 Å². The predicted molar refractivity (Wildman–Crippen MR) is 187 cm³/mol. The Balaban J connectivity index is 1.66. The fraction of sp³-hybridized carbons (Fsp3) is 0.763. The number of methoxy groups -OCH3 is 1. The van der Waals surface area contributed by atoms with Gasteiger partial charge in [-0.15, -0.1) is 0 Å². The number of Topliss-reactive ketones (excluding diaryl/α,β-unsaturated/α-hetero) is 1. The number of esters is 2. The Labute approximate surface area is 293 Å². The molecular weight excluding hydrogens is 626 g/mol. The number of ether oxygens (including phenoxy) is 5. The van der Waals surface area contributed by atoms with Crippen molar-refractivity contribution in [3.63, 3.8) is 0 Å². The van der Waals surface area contributed by atoms with Crippen molar-refractivity contribution < 1.29 is 38.1 Å². The van der Waals surface area contributed by atoms with Gasteiger partial charge in [0.05, 0.1) is 29.4 Å². The Hall–Kier alpha value is -2.41. The van der Waals surface area contributed by atoms with E-state index in [1.165, 1.54) is 0 Å².